The summed E-state index contributed by atoms with van der Waals surface area (Å²) in [6.07, 6.45) is 0.777. The van der Waals surface area contributed by atoms with Gasteiger partial charge in [-0.1, -0.05) is 0 Å². The summed E-state index contributed by atoms with van der Waals surface area (Å²) in [4.78, 5) is 0. The number of aromatic hydroxyl groups is 1. The van der Waals surface area contributed by atoms with Crippen LogP contribution in [0.5, 0.6) is 17.2 Å². The second kappa shape index (κ2) is 3.38. The van der Waals surface area contributed by atoms with Gasteiger partial charge in [-0.3, -0.25) is 0 Å². The van der Waals surface area contributed by atoms with Crippen molar-refractivity contribution in [2.24, 2.45) is 5.73 Å². The number of benzene rings is 1. The Morgan fingerprint density at radius 3 is 3.07 bits per heavy atom. The van der Waals surface area contributed by atoms with E-state index in [-0.39, 0.29) is 11.8 Å². The molecule has 0 radical (unpaired) electrons. The molecule has 0 fully saturated rings. The highest BCUT2D eigenvalue weighted by molar-refractivity contribution is 5.56. The largest absolute Gasteiger partial charge is 0.502 e. The number of phenolic OH excluding ortho intramolecular Hbond substituents is 1. The number of rotatable bonds is 1. The van der Waals surface area contributed by atoms with E-state index in [1.54, 1.807) is 6.07 Å². The molecule has 0 aromatic heterocycles. The van der Waals surface area contributed by atoms with Crippen molar-refractivity contribution in [3.8, 4) is 17.2 Å². The molecule has 76 valence electrons. The molecular formula is C10H13NO3. The first-order chi connectivity index (χ1) is 6.74. The van der Waals surface area contributed by atoms with E-state index in [4.69, 9.17) is 15.2 Å². The maximum Gasteiger partial charge on any atom is 0.201 e. The highest BCUT2D eigenvalue weighted by Gasteiger charge is 2.23. The molecular weight excluding hydrogens is 182 g/mol. The first-order valence-corrected chi connectivity index (χ1v) is 4.52. The van der Waals surface area contributed by atoms with Crippen LogP contribution in [0.15, 0.2) is 12.1 Å². The third kappa shape index (κ3) is 1.28. The molecule has 0 saturated carbocycles. The third-order valence-electron chi connectivity index (χ3n) is 2.42. The average Bonchev–Trinajstić information content (AvgIpc) is 2.20. The molecule has 4 heteroatoms. The van der Waals surface area contributed by atoms with Crippen LogP contribution in [-0.2, 0) is 0 Å². The number of fused-ring (bicyclic) bond motifs is 1. The minimum absolute atomic E-state index is 0.0418. The summed E-state index contributed by atoms with van der Waals surface area (Å²) >= 11 is 0. The Balaban J connectivity index is 2.52. The maximum atomic E-state index is 9.75. The Kier molecular flexibility index (Phi) is 2.21. The van der Waals surface area contributed by atoms with Crippen molar-refractivity contribution in [1.82, 2.24) is 0 Å². The quantitative estimate of drug-likeness (QED) is 0.706. The molecule has 0 spiro atoms. The van der Waals surface area contributed by atoms with Crippen molar-refractivity contribution >= 4 is 0 Å². The fourth-order valence-electron chi connectivity index (χ4n) is 1.62. The van der Waals surface area contributed by atoms with Crippen molar-refractivity contribution in [1.29, 1.82) is 0 Å². The van der Waals surface area contributed by atoms with Gasteiger partial charge in [-0.05, 0) is 12.1 Å². The Morgan fingerprint density at radius 2 is 2.36 bits per heavy atom. The number of hydrogen-bond donors (Lipinski definition) is 2. The molecule has 0 aliphatic carbocycles. The lowest BCUT2D eigenvalue weighted by Crippen LogP contribution is -2.20. The zero-order chi connectivity index (χ0) is 10.1. The van der Waals surface area contributed by atoms with E-state index in [1.165, 1.54) is 7.11 Å². The summed E-state index contributed by atoms with van der Waals surface area (Å²) in [6.45, 7) is 0.537. The van der Waals surface area contributed by atoms with Crippen molar-refractivity contribution in [3.05, 3.63) is 17.7 Å². The lowest BCUT2D eigenvalue weighted by Gasteiger charge is -2.24. The van der Waals surface area contributed by atoms with Crippen LogP contribution in [0, 0.1) is 0 Å². The van der Waals surface area contributed by atoms with Gasteiger partial charge in [0, 0.05) is 18.0 Å². The summed E-state index contributed by atoms with van der Waals surface area (Å²) in [5.74, 6) is 0.918. The number of ether oxygens (including phenoxy) is 2. The van der Waals surface area contributed by atoms with Crippen LogP contribution in [-0.4, -0.2) is 18.8 Å². The normalized spacial score (nSPS) is 19.7. The summed E-state index contributed by atoms with van der Waals surface area (Å²) in [5.41, 5.74) is 6.72. The predicted molar refractivity (Wildman–Crippen MR) is 51.7 cm³/mol. The van der Waals surface area contributed by atoms with Crippen LogP contribution in [0.3, 0.4) is 0 Å². The molecule has 1 aromatic rings. The number of phenols is 1. The van der Waals surface area contributed by atoms with Gasteiger partial charge >= 0.3 is 0 Å². The molecule has 1 aliphatic heterocycles. The van der Waals surface area contributed by atoms with Gasteiger partial charge in [-0.2, -0.15) is 0 Å². The zero-order valence-corrected chi connectivity index (χ0v) is 7.99. The van der Waals surface area contributed by atoms with Crippen molar-refractivity contribution in [3.63, 3.8) is 0 Å². The van der Waals surface area contributed by atoms with Crippen LogP contribution >= 0.6 is 0 Å². The molecule has 4 nitrogen and oxygen atoms in total. The molecule has 14 heavy (non-hydrogen) atoms. The maximum absolute atomic E-state index is 9.75. The van der Waals surface area contributed by atoms with Crippen LogP contribution in [0.4, 0.5) is 0 Å². The number of hydrogen-bond acceptors (Lipinski definition) is 4. The minimum atomic E-state index is -0.0597. The topological polar surface area (TPSA) is 64.7 Å². The van der Waals surface area contributed by atoms with Gasteiger partial charge in [-0.15, -0.1) is 0 Å². The molecule has 1 unspecified atom stereocenters. The SMILES string of the molecule is COc1ccc2c(c1O)OCCC2N. The fraction of sp³-hybridized carbons (Fsp3) is 0.400. The second-order valence-electron chi connectivity index (χ2n) is 3.28. The van der Waals surface area contributed by atoms with Crippen molar-refractivity contribution in [2.45, 2.75) is 12.5 Å². The van der Waals surface area contributed by atoms with Crippen molar-refractivity contribution < 1.29 is 14.6 Å². The Morgan fingerprint density at radius 1 is 1.57 bits per heavy atom. The van der Waals surface area contributed by atoms with Crippen LogP contribution < -0.4 is 15.2 Å². The van der Waals surface area contributed by atoms with E-state index in [0.29, 0.717) is 18.1 Å². The molecule has 0 saturated heterocycles. The predicted octanol–water partition coefficient (Wildman–Crippen LogP) is 1.18. The monoisotopic (exact) mass is 195 g/mol. The Bertz CT molecular complexity index is 351. The van der Waals surface area contributed by atoms with Crippen LogP contribution in [0.1, 0.15) is 18.0 Å². The lowest BCUT2D eigenvalue weighted by atomic mass is 10.0. The smallest absolute Gasteiger partial charge is 0.201 e. The highest BCUT2D eigenvalue weighted by Crippen LogP contribution is 2.43. The van der Waals surface area contributed by atoms with Gasteiger partial charge < -0.3 is 20.3 Å². The first kappa shape index (κ1) is 9.15. The van der Waals surface area contributed by atoms with Gasteiger partial charge in [0.1, 0.15) is 0 Å². The van der Waals surface area contributed by atoms with E-state index in [0.717, 1.165) is 12.0 Å². The second-order valence-corrected chi connectivity index (χ2v) is 3.28. The number of methoxy groups -OCH3 is 1. The first-order valence-electron chi connectivity index (χ1n) is 4.52. The summed E-state index contributed by atoms with van der Waals surface area (Å²) in [5, 5.41) is 9.75. The summed E-state index contributed by atoms with van der Waals surface area (Å²) in [6, 6.07) is 3.47. The van der Waals surface area contributed by atoms with Crippen LogP contribution in [0.2, 0.25) is 0 Å². The summed E-state index contributed by atoms with van der Waals surface area (Å²) < 4.78 is 10.3. The molecule has 1 heterocycles. The van der Waals surface area contributed by atoms with Gasteiger partial charge in [-0.25, -0.2) is 0 Å². The highest BCUT2D eigenvalue weighted by atomic mass is 16.5. The van der Waals surface area contributed by atoms with Crippen molar-refractivity contribution in [2.75, 3.05) is 13.7 Å². The van der Waals surface area contributed by atoms with Gasteiger partial charge in [0.15, 0.2) is 11.5 Å². The Hall–Kier alpha value is -1.42. The zero-order valence-electron chi connectivity index (χ0n) is 7.99. The van der Waals surface area contributed by atoms with E-state index in [2.05, 4.69) is 0 Å². The molecule has 2 rings (SSSR count). The summed E-state index contributed by atoms with van der Waals surface area (Å²) in [7, 11) is 1.50. The van der Waals surface area contributed by atoms with E-state index in [9.17, 15) is 5.11 Å². The molecule has 3 N–H and O–H groups in total. The average molecular weight is 195 g/mol. The van der Waals surface area contributed by atoms with E-state index < -0.39 is 0 Å². The molecule has 1 aliphatic rings. The fourth-order valence-corrected chi connectivity index (χ4v) is 1.62. The molecule has 0 bridgehead atoms. The lowest BCUT2D eigenvalue weighted by molar-refractivity contribution is 0.250. The van der Waals surface area contributed by atoms with Gasteiger partial charge in [0.25, 0.3) is 0 Å². The molecule has 1 atom stereocenters. The van der Waals surface area contributed by atoms with Crippen LogP contribution in [0.25, 0.3) is 0 Å². The van der Waals surface area contributed by atoms with Gasteiger partial charge in [0.05, 0.1) is 13.7 Å². The Labute approximate surface area is 82.2 Å². The minimum Gasteiger partial charge on any atom is -0.502 e. The molecule has 1 aromatic carbocycles. The number of nitrogens with two attached hydrogens (primary N) is 1. The van der Waals surface area contributed by atoms with E-state index in [1.807, 2.05) is 6.07 Å². The van der Waals surface area contributed by atoms with E-state index >= 15 is 0 Å². The molecule has 0 amide bonds. The van der Waals surface area contributed by atoms with Gasteiger partial charge in [0.2, 0.25) is 5.75 Å². The standard InChI is InChI=1S/C10H13NO3/c1-13-8-3-2-6-7(11)4-5-14-10(6)9(8)12/h2-3,7,12H,4-5,11H2,1H3. The third-order valence-corrected chi connectivity index (χ3v) is 2.42.